The van der Waals surface area contributed by atoms with Gasteiger partial charge in [0.25, 0.3) is 0 Å². The van der Waals surface area contributed by atoms with Crippen LogP contribution in [0.25, 0.3) is 0 Å². The van der Waals surface area contributed by atoms with Gasteiger partial charge in [-0.15, -0.1) is 0 Å². The maximum Gasteiger partial charge on any atom is 0.320 e. The lowest BCUT2D eigenvalue weighted by Crippen LogP contribution is -2.42. The quantitative estimate of drug-likeness (QED) is 0.852. The van der Waals surface area contributed by atoms with Gasteiger partial charge in [-0.3, -0.25) is 4.79 Å². The van der Waals surface area contributed by atoms with Gasteiger partial charge in [-0.05, 0) is 31.1 Å². The van der Waals surface area contributed by atoms with E-state index in [9.17, 15) is 9.59 Å². The number of carboxylic acid groups (broad SMARTS) is 1. The predicted molar refractivity (Wildman–Crippen MR) is 71.9 cm³/mol. The van der Waals surface area contributed by atoms with Crippen LogP contribution in [0.1, 0.15) is 39.5 Å². The summed E-state index contributed by atoms with van der Waals surface area (Å²) in [6.45, 7) is 6.97. The van der Waals surface area contributed by atoms with E-state index in [2.05, 4.69) is 13.8 Å². The van der Waals surface area contributed by atoms with Gasteiger partial charge in [-0.2, -0.15) is 0 Å². The van der Waals surface area contributed by atoms with Gasteiger partial charge in [0.05, 0.1) is 5.92 Å². The molecule has 2 rings (SSSR count). The molecule has 5 nitrogen and oxygen atoms in total. The van der Waals surface area contributed by atoms with Crippen LogP contribution in [-0.4, -0.2) is 53.1 Å². The van der Waals surface area contributed by atoms with Crippen molar-refractivity contribution in [2.24, 2.45) is 11.3 Å². The molecule has 2 fully saturated rings. The van der Waals surface area contributed by atoms with Crippen molar-refractivity contribution in [3.63, 3.8) is 0 Å². The molecule has 0 aromatic heterocycles. The SMILES string of the molecule is CCC1(CC)CCN(C(=O)N2CCC(C(=O)O)C2)C1. The Morgan fingerprint density at radius 3 is 2.37 bits per heavy atom. The highest BCUT2D eigenvalue weighted by Crippen LogP contribution is 2.37. The Kier molecular flexibility index (Phi) is 4.02. The second-order valence-electron chi connectivity index (χ2n) is 5.93. The summed E-state index contributed by atoms with van der Waals surface area (Å²) in [5.41, 5.74) is 0.279. The lowest BCUT2D eigenvalue weighted by molar-refractivity contribution is -0.141. The normalized spacial score (nSPS) is 25.9. The maximum absolute atomic E-state index is 12.4. The summed E-state index contributed by atoms with van der Waals surface area (Å²) in [6, 6.07) is 0.0347. The predicted octanol–water partition coefficient (Wildman–Crippen LogP) is 2.03. The molecule has 2 aliphatic rings. The van der Waals surface area contributed by atoms with Crippen LogP contribution in [0.4, 0.5) is 4.79 Å². The highest BCUT2D eigenvalue weighted by Gasteiger charge is 2.40. The van der Waals surface area contributed by atoms with Gasteiger partial charge in [-0.1, -0.05) is 13.8 Å². The summed E-state index contributed by atoms with van der Waals surface area (Å²) in [4.78, 5) is 27.0. The first-order valence-electron chi connectivity index (χ1n) is 7.28. The van der Waals surface area contributed by atoms with Crippen LogP contribution in [0.2, 0.25) is 0 Å². The number of aliphatic carboxylic acids is 1. The van der Waals surface area contributed by atoms with Crippen molar-refractivity contribution in [3.8, 4) is 0 Å². The summed E-state index contributed by atoms with van der Waals surface area (Å²) in [7, 11) is 0. The van der Waals surface area contributed by atoms with Crippen LogP contribution in [0.3, 0.4) is 0 Å². The average Bonchev–Trinajstić information content (AvgIpc) is 3.05. The molecule has 2 saturated heterocycles. The Hall–Kier alpha value is -1.26. The van der Waals surface area contributed by atoms with Crippen molar-refractivity contribution < 1.29 is 14.7 Å². The molecule has 19 heavy (non-hydrogen) atoms. The minimum absolute atomic E-state index is 0.0347. The fraction of sp³-hybridized carbons (Fsp3) is 0.857. The van der Waals surface area contributed by atoms with Gasteiger partial charge in [0.1, 0.15) is 0 Å². The number of amides is 2. The fourth-order valence-corrected chi connectivity index (χ4v) is 3.26. The molecule has 0 aromatic carbocycles. The molecule has 0 saturated carbocycles. The third kappa shape index (κ3) is 2.69. The number of hydrogen-bond acceptors (Lipinski definition) is 2. The van der Waals surface area contributed by atoms with E-state index < -0.39 is 5.97 Å². The van der Waals surface area contributed by atoms with E-state index in [1.165, 1.54) is 0 Å². The lowest BCUT2D eigenvalue weighted by atomic mass is 9.82. The molecule has 5 heteroatoms. The van der Waals surface area contributed by atoms with E-state index in [1.807, 2.05) is 4.90 Å². The summed E-state index contributed by atoms with van der Waals surface area (Å²) < 4.78 is 0. The molecular weight excluding hydrogens is 244 g/mol. The molecule has 2 amide bonds. The lowest BCUT2D eigenvalue weighted by Gasteiger charge is -2.28. The number of likely N-dealkylation sites (tertiary alicyclic amines) is 2. The minimum Gasteiger partial charge on any atom is -0.481 e. The molecule has 2 aliphatic heterocycles. The smallest absolute Gasteiger partial charge is 0.320 e. The fourth-order valence-electron chi connectivity index (χ4n) is 3.26. The van der Waals surface area contributed by atoms with Crippen LogP contribution in [0, 0.1) is 11.3 Å². The van der Waals surface area contributed by atoms with E-state index >= 15 is 0 Å². The Balaban J connectivity index is 1.94. The number of rotatable bonds is 3. The van der Waals surface area contributed by atoms with E-state index in [4.69, 9.17) is 5.11 Å². The zero-order valence-corrected chi connectivity index (χ0v) is 11.9. The molecule has 0 bridgehead atoms. The molecular formula is C14H24N2O3. The highest BCUT2D eigenvalue weighted by atomic mass is 16.4. The van der Waals surface area contributed by atoms with Crippen molar-refractivity contribution in [2.75, 3.05) is 26.2 Å². The van der Waals surface area contributed by atoms with Crippen molar-refractivity contribution in [2.45, 2.75) is 39.5 Å². The van der Waals surface area contributed by atoms with Crippen LogP contribution in [0.5, 0.6) is 0 Å². The molecule has 1 N–H and O–H groups in total. The molecule has 1 unspecified atom stereocenters. The first-order valence-corrected chi connectivity index (χ1v) is 7.28. The summed E-state index contributed by atoms with van der Waals surface area (Å²) >= 11 is 0. The molecule has 108 valence electrons. The number of urea groups is 1. The zero-order chi connectivity index (χ0) is 14.0. The standard InChI is InChI=1S/C14H24N2O3/c1-3-14(4-2)6-8-16(10-14)13(19)15-7-5-11(9-15)12(17)18/h11H,3-10H2,1-2H3,(H,17,18). The van der Waals surface area contributed by atoms with E-state index in [0.717, 1.165) is 32.4 Å². The first-order chi connectivity index (χ1) is 9.01. The van der Waals surface area contributed by atoms with Crippen LogP contribution in [0.15, 0.2) is 0 Å². The van der Waals surface area contributed by atoms with Gasteiger partial charge >= 0.3 is 12.0 Å². The summed E-state index contributed by atoms with van der Waals surface area (Å²) in [5.74, 6) is -1.16. The summed E-state index contributed by atoms with van der Waals surface area (Å²) in [5, 5.41) is 8.99. The minimum atomic E-state index is -0.784. The van der Waals surface area contributed by atoms with Crippen molar-refractivity contribution in [1.82, 2.24) is 9.80 Å². The molecule has 0 aromatic rings. The van der Waals surface area contributed by atoms with Gasteiger partial charge < -0.3 is 14.9 Å². The molecule has 1 atom stereocenters. The number of carbonyl (C=O) groups is 2. The molecule has 0 aliphatic carbocycles. The average molecular weight is 268 g/mol. The third-order valence-electron chi connectivity index (χ3n) is 5.02. The Bertz CT molecular complexity index is 366. The maximum atomic E-state index is 12.4. The zero-order valence-electron chi connectivity index (χ0n) is 11.9. The van der Waals surface area contributed by atoms with Crippen LogP contribution >= 0.6 is 0 Å². The topological polar surface area (TPSA) is 60.9 Å². The molecule has 0 radical (unpaired) electrons. The van der Waals surface area contributed by atoms with Crippen LogP contribution < -0.4 is 0 Å². The van der Waals surface area contributed by atoms with Crippen LogP contribution in [-0.2, 0) is 4.79 Å². The van der Waals surface area contributed by atoms with Crippen molar-refractivity contribution >= 4 is 12.0 Å². The first kappa shape index (κ1) is 14.2. The van der Waals surface area contributed by atoms with Crippen molar-refractivity contribution in [1.29, 1.82) is 0 Å². The summed E-state index contributed by atoms with van der Waals surface area (Å²) in [6.07, 6.45) is 3.86. The Labute approximate surface area is 114 Å². The van der Waals surface area contributed by atoms with Gasteiger partial charge in [0, 0.05) is 26.2 Å². The third-order valence-corrected chi connectivity index (χ3v) is 5.02. The molecule has 2 heterocycles. The highest BCUT2D eigenvalue weighted by molar-refractivity contribution is 5.77. The monoisotopic (exact) mass is 268 g/mol. The van der Waals surface area contributed by atoms with E-state index in [1.54, 1.807) is 4.90 Å². The Morgan fingerprint density at radius 2 is 1.89 bits per heavy atom. The van der Waals surface area contributed by atoms with E-state index in [-0.39, 0.29) is 17.4 Å². The number of carbonyl (C=O) groups excluding carboxylic acids is 1. The number of hydrogen-bond donors (Lipinski definition) is 1. The van der Waals surface area contributed by atoms with Gasteiger partial charge in [0.2, 0.25) is 0 Å². The molecule has 0 spiro atoms. The van der Waals surface area contributed by atoms with Gasteiger partial charge in [-0.25, -0.2) is 4.79 Å². The number of nitrogens with zero attached hydrogens (tertiary/aromatic N) is 2. The Morgan fingerprint density at radius 1 is 1.21 bits per heavy atom. The van der Waals surface area contributed by atoms with E-state index in [0.29, 0.717) is 19.5 Å². The largest absolute Gasteiger partial charge is 0.481 e. The van der Waals surface area contributed by atoms with Gasteiger partial charge in [0.15, 0.2) is 0 Å². The second-order valence-corrected chi connectivity index (χ2v) is 5.93. The second kappa shape index (κ2) is 5.39. The van der Waals surface area contributed by atoms with Crippen molar-refractivity contribution in [3.05, 3.63) is 0 Å². The number of carboxylic acids is 1.